The lowest BCUT2D eigenvalue weighted by atomic mass is 9.84. The van der Waals surface area contributed by atoms with E-state index >= 15 is 0 Å². The first-order valence-electron chi connectivity index (χ1n) is 8.82. The van der Waals surface area contributed by atoms with Crippen LogP contribution in [0.4, 0.5) is 0 Å². The summed E-state index contributed by atoms with van der Waals surface area (Å²) in [5.74, 6) is 0.296. The van der Waals surface area contributed by atoms with Gasteiger partial charge in [0.2, 0.25) is 0 Å². The SMILES string of the molecule is O=C(c1nc2cc(Cl)ccc2[nH]1)N1CCC2(CC1)OCc1ccccc12. The molecule has 1 amide bonds. The quantitative estimate of drug-likeness (QED) is 0.710. The minimum absolute atomic E-state index is 0.0709. The average Bonchev–Trinajstić information content (AvgIpc) is 3.24. The van der Waals surface area contributed by atoms with Crippen LogP contribution in [0, 0.1) is 0 Å². The van der Waals surface area contributed by atoms with Gasteiger partial charge in [-0.2, -0.15) is 0 Å². The van der Waals surface area contributed by atoms with E-state index < -0.39 is 0 Å². The smallest absolute Gasteiger partial charge is 0.289 e. The molecule has 1 aromatic heterocycles. The van der Waals surface area contributed by atoms with Crippen LogP contribution in [0.15, 0.2) is 42.5 Å². The number of ether oxygens (including phenoxy) is 1. The van der Waals surface area contributed by atoms with Crippen LogP contribution in [-0.2, 0) is 16.9 Å². The number of halogens is 1. The van der Waals surface area contributed by atoms with Crippen LogP contribution >= 0.6 is 11.6 Å². The number of likely N-dealkylation sites (tertiary alicyclic amines) is 1. The Balaban J connectivity index is 1.36. The number of carbonyl (C=O) groups is 1. The maximum absolute atomic E-state index is 12.9. The highest BCUT2D eigenvalue weighted by Gasteiger charge is 2.43. The molecular formula is C20H18ClN3O2. The molecule has 0 aliphatic carbocycles. The lowest BCUT2D eigenvalue weighted by molar-refractivity contribution is -0.0742. The van der Waals surface area contributed by atoms with Crippen LogP contribution in [0.3, 0.4) is 0 Å². The number of rotatable bonds is 1. The zero-order chi connectivity index (χ0) is 17.7. The van der Waals surface area contributed by atoms with E-state index in [0.717, 1.165) is 18.4 Å². The number of fused-ring (bicyclic) bond motifs is 3. The third kappa shape index (κ3) is 2.42. The van der Waals surface area contributed by atoms with Crippen LogP contribution in [0.1, 0.15) is 34.6 Å². The van der Waals surface area contributed by atoms with Gasteiger partial charge in [-0.1, -0.05) is 35.9 Å². The monoisotopic (exact) mass is 367 g/mol. The van der Waals surface area contributed by atoms with Crippen molar-refractivity contribution in [3.63, 3.8) is 0 Å². The average molecular weight is 368 g/mol. The Hall–Kier alpha value is -2.37. The normalized spacial score (nSPS) is 18.4. The number of aromatic amines is 1. The summed E-state index contributed by atoms with van der Waals surface area (Å²) in [6, 6.07) is 13.8. The first kappa shape index (κ1) is 15.9. The number of piperidine rings is 1. The molecule has 1 N–H and O–H groups in total. The largest absolute Gasteiger partial charge is 0.365 e. The molecule has 6 heteroatoms. The molecule has 1 saturated heterocycles. The van der Waals surface area contributed by atoms with Gasteiger partial charge in [0.05, 0.1) is 23.2 Å². The van der Waals surface area contributed by atoms with Crippen molar-refractivity contribution in [2.45, 2.75) is 25.0 Å². The first-order valence-corrected chi connectivity index (χ1v) is 9.19. The van der Waals surface area contributed by atoms with E-state index in [0.29, 0.717) is 36.1 Å². The van der Waals surface area contributed by atoms with E-state index in [4.69, 9.17) is 16.3 Å². The molecule has 3 heterocycles. The fourth-order valence-corrected chi connectivity index (χ4v) is 4.27. The van der Waals surface area contributed by atoms with E-state index in [1.807, 2.05) is 17.0 Å². The number of carbonyl (C=O) groups excluding carboxylic acids is 1. The van der Waals surface area contributed by atoms with E-state index in [9.17, 15) is 4.79 Å². The fourth-order valence-electron chi connectivity index (χ4n) is 4.10. The van der Waals surface area contributed by atoms with Crippen molar-refractivity contribution in [3.05, 3.63) is 64.4 Å². The highest BCUT2D eigenvalue weighted by molar-refractivity contribution is 6.31. The molecule has 5 rings (SSSR count). The van der Waals surface area contributed by atoms with Crippen molar-refractivity contribution >= 4 is 28.5 Å². The Bertz CT molecular complexity index is 1010. The molecule has 3 aromatic rings. The molecule has 132 valence electrons. The summed E-state index contributed by atoms with van der Waals surface area (Å²) in [6.45, 7) is 1.98. The number of nitrogens with zero attached hydrogens (tertiary/aromatic N) is 2. The summed E-state index contributed by atoms with van der Waals surface area (Å²) in [7, 11) is 0. The summed E-state index contributed by atoms with van der Waals surface area (Å²) >= 11 is 6.00. The van der Waals surface area contributed by atoms with Crippen molar-refractivity contribution in [2.75, 3.05) is 13.1 Å². The second kappa shape index (κ2) is 5.83. The third-order valence-electron chi connectivity index (χ3n) is 5.52. The summed E-state index contributed by atoms with van der Waals surface area (Å²) in [5, 5.41) is 0.611. The molecule has 26 heavy (non-hydrogen) atoms. The predicted molar refractivity (Wildman–Crippen MR) is 99.2 cm³/mol. The summed E-state index contributed by atoms with van der Waals surface area (Å²) in [4.78, 5) is 22.2. The minimum Gasteiger partial charge on any atom is -0.365 e. The predicted octanol–water partition coefficient (Wildman–Crippen LogP) is 3.88. The fraction of sp³-hybridized carbons (Fsp3) is 0.300. The first-order chi connectivity index (χ1) is 12.6. The Labute approximate surface area is 155 Å². The molecule has 0 unspecified atom stereocenters. The zero-order valence-electron chi connectivity index (χ0n) is 14.2. The molecule has 2 aromatic carbocycles. The van der Waals surface area contributed by atoms with Crippen LogP contribution in [0.5, 0.6) is 0 Å². The van der Waals surface area contributed by atoms with Crippen molar-refractivity contribution in [1.29, 1.82) is 0 Å². The maximum Gasteiger partial charge on any atom is 0.289 e. The van der Waals surface area contributed by atoms with Gasteiger partial charge in [0.25, 0.3) is 5.91 Å². The molecule has 5 nitrogen and oxygen atoms in total. The maximum atomic E-state index is 12.9. The zero-order valence-corrected chi connectivity index (χ0v) is 14.9. The molecule has 1 fully saturated rings. The number of amides is 1. The number of aromatic nitrogens is 2. The summed E-state index contributed by atoms with van der Waals surface area (Å²) in [6.07, 6.45) is 1.61. The summed E-state index contributed by atoms with van der Waals surface area (Å²) in [5.41, 5.74) is 3.84. The lowest BCUT2D eigenvalue weighted by Crippen LogP contribution is -2.45. The molecule has 2 aliphatic rings. The van der Waals surface area contributed by atoms with Crippen molar-refractivity contribution < 1.29 is 9.53 Å². The molecule has 0 atom stereocenters. The second-order valence-electron chi connectivity index (χ2n) is 6.98. The topological polar surface area (TPSA) is 58.2 Å². The number of H-pyrrole nitrogens is 1. The molecule has 0 bridgehead atoms. The Kier molecular flexibility index (Phi) is 3.55. The number of hydrogen-bond acceptors (Lipinski definition) is 3. The van der Waals surface area contributed by atoms with E-state index in [2.05, 4.69) is 28.2 Å². The van der Waals surface area contributed by atoms with E-state index in [1.165, 1.54) is 11.1 Å². The molecule has 0 saturated carbocycles. The Morgan fingerprint density at radius 2 is 2.00 bits per heavy atom. The number of nitrogens with one attached hydrogen (secondary N) is 1. The minimum atomic E-state index is -0.241. The summed E-state index contributed by atoms with van der Waals surface area (Å²) < 4.78 is 6.17. The Morgan fingerprint density at radius 3 is 2.85 bits per heavy atom. The van der Waals surface area contributed by atoms with Gasteiger partial charge in [0, 0.05) is 18.1 Å². The second-order valence-corrected chi connectivity index (χ2v) is 7.42. The van der Waals surface area contributed by atoms with Gasteiger partial charge < -0.3 is 14.6 Å². The van der Waals surface area contributed by atoms with E-state index in [-0.39, 0.29) is 11.5 Å². The van der Waals surface area contributed by atoms with Crippen LogP contribution in [0.25, 0.3) is 11.0 Å². The third-order valence-corrected chi connectivity index (χ3v) is 5.75. The van der Waals surface area contributed by atoms with Gasteiger partial charge in [0.15, 0.2) is 5.82 Å². The van der Waals surface area contributed by atoms with Crippen molar-refractivity contribution in [1.82, 2.24) is 14.9 Å². The van der Waals surface area contributed by atoms with Crippen molar-refractivity contribution in [3.8, 4) is 0 Å². The van der Waals surface area contributed by atoms with Crippen molar-refractivity contribution in [2.24, 2.45) is 0 Å². The van der Waals surface area contributed by atoms with E-state index in [1.54, 1.807) is 12.1 Å². The van der Waals surface area contributed by atoms with Gasteiger partial charge in [0.1, 0.15) is 0 Å². The van der Waals surface area contributed by atoms with Gasteiger partial charge in [-0.15, -0.1) is 0 Å². The standard InChI is InChI=1S/C20H18ClN3O2/c21-14-5-6-16-17(11-14)23-18(22-16)19(25)24-9-7-20(8-10-24)15-4-2-1-3-13(15)12-26-20/h1-6,11H,7-10,12H2,(H,22,23). The van der Waals surface area contributed by atoms with Crippen LogP contribution < -0.4 is 0 Å². The van der Waals surface area contributed by atoms with Gasteiger partial charge >= 0.3 is 0 Å². The number of imidazole rings is 1. The van der Waals surface area contributed by atoms with Gasteiger partial charge in [-0.05, 0) is 42.2 Å². The highest BCUT2D eigenvalue weighted by Crippen LogP contribution is 2.44. The molecule has 2 aliphatic heterocycles. The number of hydrogen-bond donors (Lipinski definition) is 1. The number of benzene rings is 2. The molecule has 1 spiro atoms. The molecular weight excluding hydrogens is 350 g/mol. The Morgan fingerprint density at radius 1 is 1.19 bits per heavy atom. The van der Waals surface area contributed by atoms with Gasteiger partial charge in [-0.25, -0.2) is 4.98 Å². The van der Waals surface area contributed by atoms with Gasteiger partial charge in [-0.3, -0.25) is 4.79 Å². The van der Waals surface area contributed by atoms with Crippen LogP contribution in [-0.4, -0.2) is 33.9 Å². The molecule has 0 radical (unpaired) electrons. The lowest BCUT2D eigenvalue weighted by Gasteiger charge is -2.39. The highest BCUT2D eigenvalue weighted by atomic mass is 35.5. The van der Waals surface area contributed by atoms with Crippen LogP contribution in [0.2, 0.25) is 5.02 Å².